The van der Waals surface area contributed by atoms with Crippen LogP contribution in [0.25, 0.3) is 0 Å². The molecule has 0 aliphatic carbocycles. The van der Waals surface area contributed by atoms with Crippen molar-refractivity contribution in [3.63, 3.8) is 0 Å². The van der Waals surface area contributed by atoms with Crippen molar-refractivity contribution in [2.45, 2.75) is 40.5 Å². The minimum absolute atomic E-state index is 0.144. The molecule has 1 aliphatic rings. The van der Waals surface area contributed by atoms with Crippen LogP contribution in [0.4, 0.5) is 0 Å². The van der Waals surface area contributed by atoms with Crippen LogP contribution in [0.3, 0.4) is 0 Å². The van der Waals surface area contributed by atoms with E-state index in [1.54, 1.807) is 24.3 Å². The molecule has 0 atom stereocenters. The third kappa shape index (κ3) is 3.43. The van der Waals surface area contributed by atoms with E-state index in [1.807, 2.05) is 13.8 Å². The van der Waals surface area contributed by atoms with Crippen LogP contribution < -0.4 is 0 Å². The molecule has 1 aromatic rings. The van der Waals surface area contributed by atoms with Crippen molar-refractivity contribution >= 4 is 11.8 Å². The van der Waals surface area contributed by atoms with Crippen LogP contribution in [0.5, 0.6) is 0 Å². The summed E-state index contributed by atoms with van der Waals surface area (Å²) in [5.41, 5.74) is 1.09. The third-order valence-electron chi connectivity index (χ3n) is 3.04. The fourth-order valence-electron chi connectivity index (χ4n) is 2.10. The van der Waals surface area contributed by atoms with Gasteiger partial charge in [0.15, 0.2) is 0 Å². The zero-order valence-corrected chi connectivity index (χ0v) is 12.3. The van der Waals surface area contributed by atoms with Crippen LogP contribution in [0, 0.1) is 5.92 Å². The SMILES string of the molecule is CC.CC(C)CCCN1C(=O)c2ccccc2C1=O. The fourth-order valence-corrected chi connectivity index (χ4v) is 2.10. The molecule has 0 fully saturated rings. The summed E-state index contributed by atoms with van der Waals surface area (Å²) in [6, 6.07) is 7.03. The van der Waals surface area contributed by atoms with E-state index in [-0.39, 0.29) is 11.8 Å². The Morgan fingerprint density at radius 2 is 1.47 bits per heavy atom. The Kier molecular flexibility index (Phi) is 5.74. The summed E-state index contributed by atoms with van der Waals surface area (Å²) in [4.78, 5) is 25.3. The van der Waals surface area contributed by atoms with Crippen molar-refractivity contribution in [1.82, 2.24) is 4.90 Å². The minimum Gasteiger partial charge on any atom is -0.274 e. The lowest BCUT2D eigenvalue weighted by molar-refractivity contribution is 0.0650. The highest BCUT2D eigenvalue weighted by Gasteiger charge is 2.34. The van der Waals surface area contributed by atoms with Gasteiger partial charge in [-0.05, 0) is 30.9 Å². The normalized spacial score (nSPS) is 13.4. The van der Waals surface area contributed by atoms with E-state index in [0.29, 0.717) is 23.6 Å². The summed E-state index contributed by atoms with van der Waals surface area (Å²) >= 11 is 0. The van der Waals surface area contributed by atoms with Gasteiger partial charge >= 0.3 is 0 Å². The number of carbonyl (C=O) groups excluding carboxylic acids is 2. The molecule has 1 aromatic carbocycles. The quantitative estimate of drug-likeness (QED) is 0.774. The highest BCUT2D eigenvalue weighted by Crippen LogP contribution is 2.22. The Morgan fingerprint density at radius 3 is 1.89 bits per heavy atom. The molecule has 2 amide bonds. The Morgan fingerprint density at radius 1 is 1.00 bits per heavy atom. The lowest BCUT2D eigenvalue weighted by Gasteiger charge is -2.14. The Hall–Kier alpha value is -1.64. The Bertz CT molecular complexity index is 417. The van der Waals surface area contributed by atoms with Gasteiger partial charge in [-0.3, -0.25) is 14.5 Å². The first-order valence-electron chi connectivity index (χ1n) is 7.06. The van der Waals surface area contributed by atoms with E-state index in [2.05, 4.69) is 13.8 Å². The average molecular weight is 261 g/mol. The molecule has 3 heteroatoms. The highest BCUT2D eigenvalue weighted by molar-refractivity contribution is 6.21. The molecular formula is C16H23NO2. The van der Waals surface area contributed by atoms with Gasteiger partial charge in [0.05, 0.1) is 11.1 Å². The molecule has 104 valence electrons. The molecule has 2 rings (SSSR count). The van der Waals surface area contributed by atoms with E-state index < -0.39 is 0 Å². The molecule has 0 bridgehead atoms. The molecule has 0 aromatic heterocycles. The second-order valence-corrected chi connectivity index (χ2v) is 4.84. The third-order valence-corrected chi connectivity index (χ3v) is 3.04. The summed E-state index contributed by atoms with van der Waals surface area (Å²) in [7, 11) is 0. The van der Waals surface area contributed by atoms with Gasteiger partial charge in [-0.1, -0.05) is 39.8 Å². The van der Waals surface area contributed by atoms with Gasteiger partial charge in [-0.15, -0.1) is 0 Å². The predicted octanol–water partition coefficient (Wildman–Crippen LogP) is 3.75. The van der Waals surface area contributed by atoms with Crippen molar-refractivity contribution in [3.05, 3.63) is 35.4 Å². The molecule has 1 heterocycles. The second kappa shape index (κ2) is 7.07. The van der Waals surface area contributed by atoms with Gasteiger partial charge in [0.1, 0.15) is 0 Å². The topological polar surface area (TPSA) is 37.4 Å². The number of benzene rings is 1. The van der Waals surface area contributed by atoms with Crippen molar-refractivity contribution in [2.75, 3.05) is 6.54 Å². The number of amides is 2. The first-order valence-corrected chi connectivity index (χ1v) is 7.06. The summed E-state index contributed by atoms with van der Waals surface area (Å²) in [6.07, 6.45) is 1.91. The van der Waals surface area contributed by atoms with Gasteiger partial charge in [-0.2, -0.15) is 0 Å². The number of rotatable bonds is 4. The number of carbonyl (C=O) groups is 2. The maximum Gasteiger partial charge on any atom is 0.261 e. The smallest absolute Gasteiger partial charge is 0.261 e. The lowest BCUT2D eigenvalue weighted by Crippen LogP contribution is -2.30. The van der Waals surface area contributed by atoms with Crippen LogP contribution in [-0.2, 0) is 0 Å². The molecule has 0 saturated carbocycles. The summed E-state index contributed by atoms with van der Waals surface area (Å²) in [5, 5.41) is 0. The summed E-state index contributed by atoms with van der Waals surface area (Å²) < 4.78 is 0. The monoisotopic (exact) mass is 261 g/mol. The van der Waals surface area contributed by atoms with Crippen LogP contribution in [0.15, 0.2) is 24.3 Å². The van der Waals surface area contributed by atoms with Crippen LogP contribution >= 0.6 is 0 Å². The molecular weight excluding hydrogens is 238 g/mol. The average Bonchev–Trinajstić information content (AvgIpc) is 2.66. The molecule has 0 spiro atoms. The van der Waals surface area contributed by atoms with E-state index >= 15 is 0 Å². The number of hydrogen-bond acceptors (Lipinski definition) is 2. The molecule has 1 aliphatic heterocycles. The van der Waals surface area contributed by atoms with E-state index in [1.165, 1.54) is 4.90 Å². The predicted molar refractivity (Wildman–Crippen MR) is 77.2 cm³/mol. The van der Waals surface area contributed by atoms with Gasteiger partial charge < -0.3 is 0 Å². The van der Waals surface area contributed by atoms with Crippen molar-refractivity contribution in [1.29, 1.82) is 0 Å². The minimum atomic E-state index is -0.144. The van der Waals surface area contributed by atoms with Crippen LogP contribution in [0.1, 0.15) is 61.3 Å². The fraction of sp³-hybridized carbons (Fsp3) is 0.500. The number of hydrogen-bond donors (Lipinski definition) is 0. The number of nitrogens with zero attached hydrogens (tertiary/aromatic N) is 1. The number of fused-ring (bicyclic) bond motifs is 1. The van der Waals surface area contributed by atoms with Crippen LogP contribution in [0.2, 0.25) is 0 Å². The second-order valence-electron chi connectivity index (χ2n) is 4.84. The molecule has 0 N–H and O–H groups in total. The first-order chi connectivity index (χ1) is 9.11. The van der Waals surface area contributed by atoms with E-state index in [9.17, 15) is 9.59 Å². The zero-order valence-electron chi connectivity index (χ0n) is 12.3. The maximum absolute atomic E-state index is 12.0. The lowest BCUT2D eigenvalue weighted by atomic mass is 10.1. The van der Waals surface area contributed by atoms with Crippen molar-refractivity contribution in [3.8, 4) is 0 Å². The van der Waals surface area contributed by atoms with E-state index in [4.69, 9.17) is 0 Å². The van der Waals surface area contributed by atoms with Gasteiger partial charge in [0.25, 0.3) is 11.8 Å². The van der Waals surface area contributed by atoms with Gasteiger partial charge in [0, 0.05) is 6.54 Å². The van der Waals surface area contributed by atoms with Gasteiger partial charge in [-0.25, -0.2) is 0 Å². The molecule has 0 radical (unpaired) electrons. The van der Waals surface area contributed by atoms with Crippen molar-refractivity contribution in [2.24, 2.45) is 5.92 Å². The Labute approximate surface area is 115 Å². The highest BCUT2D eigenvalue weighted by atomic mass is 16.2. The van der Waals surface area contributed by atoms with Gasteiger partial charge in [0.2, 0.25) is 0 Å². The van der Waals surface area contributed by atoms with Crippen molar-refractivity contribution < 1.29 is 9.59 Å². The number of imide groups is 1. The standard InChI is InChI=1S/C14H17NO2.C2H6/c1-10(2)6-5-9-15-13(16)11-7-3-4-8-12(11)14(15)17;1-2/h3-4,7-8,10H,5-6,9H2,1-2H3;1-2H3. The zero-order chi connectivity index (χ0) is 14.4. The molecule has 0 saturated heterocycles. The Balaban J connectivity index is 0.000000861. The van der Waals surface area contributed by atoms with E-state index in [0.717, 1.165) is 12.8 Å². The van der Waals surface area contributed by atoms with Crippen LogP contribution in [-0.4, -0.2) is 23.3 Å². The summed E-state index contributed by atoms with van der Waals surface area (Å²) in [5.74, 6) is 0.314. The first kappa shape index (κ1) is 15.4. The molecule has 3 nitrogen and oxygen atoms in total. The summed E-state index contributed by atoms with van der Waals surface area (Å²) in [6.45, 7) is 8.81. The molecule has 0 unspecified atom stereocenters. The molecule has 19 heavy (non-hydrogen) atoms. The maximum atomic E-state index is 12.0. The largest absolute Gasteiger partial charge is 0.274 e.